The molecule has 1 atom stereocenters. The highest BCUT2D eigenvalue weighted by atomic mass is 35.5. The molecule has 1 saturated heterocycles. The Morgan fingerprint density at radius 1 is 1.07 bits per heavy atom. The number of halogens is 1. The maximum Gasteiger partial charge on any atom is 0.350 e. The standard InChI is InChI=1S/C20H24ClN5O/c1-16(15-26-20(27)25-8-3-2-7-19(25)22-26)14-23-9-11-24(12-10-23)18-6-4-5-17(21)13-18/h2-8,13,16H,9-12,14-15H2,1H3. The molecule has 0 bridgehead atoms. The summed E-state index contributed by atoms with van der Waals surface area (Å²) in [5, 5.41) is 5.21. The number of pyridine rings is 1. The summed E-state index contributed by atoms with van der Waals surface area (Å²) in [6.45, 7) is 7.77. The molecular weight excluding hydrogens is 362 g/mol. The van der Waals surface area contributed by atoms with Crippen LogP contribution in [0.25, 0.3) is 5.65 Å². The molecule has 0 N–H and O–H groups in total. The van der Waals surface area contributed by atoms with Crippen LogP contribution in [0.1, 0.15) is 6.92 Å². The fourth-order valence-electron chi connectivity index (χ4n) is 3.74. The number of rotatable bonds is 5. The van der Waals surface area contributed by atoms with Crippen LogP contribution in [0.15, 0.2) is 53.5 Å². The van der Waals surface area contributed by atoms with E-state index in [0.717, 1.165) is 37.7 Å². The average molecular weight is 386 g/mol. The second-order valence-corrected chi connectivity index (χ2v) is 7.70. The molecule has 0 aliphatic carbocycles. The summed E-state index contributed by atoms with van der Waals surface area (Å²) in [6.07, 6.45) is 1.76. The minimum atomic E-state index is -0.0665. The molecule has 2 aromatic heterocycles. The number of nitrogens with zero attached hydrogens (tertiary/aromatic N) is 5. The van der Waals surface area contributed by atoms with Gasteiger partial charge in [0.05, 0.1) is 6.54 Å². The van der Waals surface area contributed by atoms with Crippen LogP contribution >= 0.6 is 11.6 Å². The summed E-state index contributed by atoms with van der Waals surface area (Å²) in [5.41, 5.74) is 1.82. The summed E-state index contributed by atoms with van der Waals surface area (Å²) in [5.74, 6) is 0.352. The molecule has 0 amide bonds. The lowest BCUT2D eigenvalue weighted by Gasteiger charge is -2.37. The second kappa shape index (κ2) is 7.74. The quantitative estimate of drug-likeness (QED) is 0.677. The van der Waals surface area contributed by atoms with Gasteiger partial charge in [0.1, 0.15) is 0 Å². The van der Waals surface area contributed by atoms with Crippen molar-refractivity contribution in [3.8, 4) is 0 Å². The van der Waals surface area contributed by atoms with E-state index in [4.69, 9.17) is 11.6 Å². The van der Waals surface area contributed by atoms with Gasteiger partial charge >= 0.3 is 5.69 Å². The maximum atomic E-state index is 12.4. The van der Waals surface area contributed by atoms with E-state index in [1.165, 1.54) is 5.69 Å². The molecule has 1 aliphatic heterocycles. The smallest absolute Gasteiger partial charge is 0.350 e. The fourth-order valence-corrected chi connectivity index (χ4v) is 3.93. The van der Waals surface area contributed by atoms with Crippen molar-refractivity contribution in [1.82, 2.24) is 19.1 Å². The van der Waals surface area contributed by atoms with E-state index in [2.05, 4.69) is 27.9 Å². The predicted molar refractivity (Wildman–Crippen MR) is 109 cm³/mol. The van der Waals surface area contributed by atoms with Crippen molar-refractivity contribution in [2.24, 2.45) is 5.92 Å². The lowest BCUT2D eigenvalue weighted by molar-refractivity contribution is 0.212. The molecule has 0 spiro atoms. The Morgan fingerprint density at radius 2 is 1.89 bits per heavy atom. The van der Waals surface area contributed by atoms with Gasteiger partial charge < -0.3 is 4.90 Å². The van der Waals surface area contributed by atoms with Crippen LogP contribution in [0.5, 0.6) is 0 Å². The number of benzene rings is 1. The van der Waals surface area contributed by atoms with Crippen LogP contribution < -0.4 is 10.6 Å². The Morgan fingerprint density at radius 3 is 2.63 bits per heavy atom. The molecule has 0 radical (unpaired) electrons. The van der Waals surface area contributed by atoms with Gasteiger partial charge in [0.2, 0.25) is 0 Å². The van der Waals surface area contributed by atoms with Crippen molar-refractivity contribution in [2.75, 3.05) is 37.6 Å². The van der Waals surface area contributed by atoms with E-state index in [9.17, 15) is 4.79 Å². The van der Waals surface area contributed by atoms with Gasteiger partial charge in [-0.2, -0.15) is 0 Å². The van der Waals surface area contributed by atoms with Crippen LogP contribution in [0, 0.1) is 5.92 Å². The topological polar surface area (TPSA) is 45.8 Å². The molecule has 1 aromatic carbocycles. The fraction of sp³-hybridized carbons (Fsp3) is 0.400. The normalized spacial score (nSPS) is 16.7. The van der Waals surface area contributed by atoms with Crippen LogP contribution in [-0.4, -0.2) is 51.8 Å². The van der Waals surface area contributed by atoms with Crippen molar-refractivity contribution < 1.29 is 0 Å². The van der Waals surface area contributed by atoms with E-state index in [1.54, 1.807) is 15.3 Å². The third-order valence-corrected chi connectivity index (χ3v) is 5.32. The minimum absolute atomic E-state index is 0.0665. The van der Waals surface area contributed by atoms with E-state index in [1.807, 2.05) is 36.4 Å². The first kappa shape index (κ1) is 18.1. The first-order chi connectivity index (χ1) is 13.1. The molecule has 3 heterocycles. The highest BCUT2D eigenvalue weighted by Crippen LogP contribution is 2.21. The zero-order chi connectivity index (χ0) is 18.8. The Kier molecular flexibility index (Phi) is 5.18. The van der Waals surface area contributed by atoms with Crippen molar-refractivity contribution in [3.63, 3.8) is 0 Å². The Bertz CT molecular complexity index is 974. The number of piperazine rings is 1. The van der Waals surface area contributed by atoms with Crippen LogP contribution in [0.4, 0.5) is 5.69 Å². The SMILES string of the molecule is CC(CN1CCN(c2cccc(Cl)c2)CC1)Cn1nc2ccccn2c1=O. The zero-order valence-electron chi connectivity index (χ0n) is 15.5. The van der Waals surface area contributed by atoms with Gasteiger partial charge in [-0.25, -0.2) is 9.48 Å². The highest BCUT2D eigenvalue weighted by Gasteiger charge is 2.20. The summed E-state index contributed by atoms with van der Waals surface area (Å²) >= 11 is 6.11. The van der Waals surface area contributed by atoms with Gasteiger partial charge in [-0.3, -0.25) is 9.30 Å². The number of hydrogen-bond donors (Lipinski definition) is 0. The average Bonchev–Trinajstić information content (AvgIpc) is 2.98. The molecule has 7 heteroatoms. The number of anilines is 1. The first-order valence-electron chi connectivity index (χ1n) is 9.37. The molecule has 3 aromatic rings. The summed E-state index contributed by atoms with van der Waals surface area (Å²) in [7, 11) is 0. The van der Waals surface area contributed by atoms with Crippen LogP contribution in [0.3, 0.4) is 0 Å². The Hall–Kier alpha value is -2.31. The largest absolute Gasteiger partial charge is 0.369 e. The number of aromatic nitrogens is 3. The minimum Gasteiger partial charge on any atom is -0.369 e. The van der Waals surface area contributed by atoms with E-state index in [0.29, 0.717) is 18.1 Å². The summed E-state index contributed by atoms with van der Waals surface area (Å²) in [4.78, 5) is 17.3. The lowest BCUT2D eigenvalue weighted by Crippen LogP contribution is -2.48. The number of fused-ring (bicyclic) bond motifs is 1. The lowest BCUT2D eigenvalue weighted by atomic mass is 10.1. The van der Waals surface area contributed by atoms with E-state index in [-0.39, 0.29) is 5.69 Å². The highest BCUT2D eigenvalue weighted by molar-refractivity contribution is 6.30. The number of hydrogen-bond acceptors (Lipinski definition) is 4. The third kappa shape index (κ3) is 4.01. The molecule has 27 heavy (non-hydrogen) atoms. The van der Waals surface area contributed by atoms with Gasteiger partial charge in [0.15, 0.2) is 5.65 Å². The Balaban J connectivity index is 1.33. The molecule has 1 aliphatic rings. The van der Waals surface area contributed by atoms with Crippen LogP contribution in [-0.2, 0) is 6.54 Å². The van der Waals surface area contributed by atoms with Gasteiger partial charge in [-0.15, -0.1) is 5.10 Å². The summed E-state index contributed by atoms with van der Waals surface area (Å²) < 4.78 is 3.18. The predicted octanol–water partition coefficient (Wildman–Crippen LogP) is 2.61. The molecule has 142 valence electrons. The van der Waals surface area contributed by atoms with Crippen molar-refractivity contribution in [3.05, 3.63) is 64.2 Å². The van der Waals surface area contributed by atoms with Crippen LogP contribution in [0.2, 0.25) is 5.02 Å². The van der Waals surface area contributed by atoms with Gasteiger partial charge in [-0.05, 0) is 36.2 Å². The van der Waals surface area contributed by atoms with E-state index >= 15 is 0 Å². The summed E-state index contributed by atoms with van der Waals surface area (Å²) in [6, 6.07) is 13.6. The zero-order valence-corrected chi connectivity index (χ0v) is 16.2. The van der Waals surface area contributed by atoms with Crippen molar-refractivity contribution in [1.29, 1.82) is 0 Å². The molecule has 1 unspecified atom stereocenters. The first-order valence-corrected chi connectivity index (χ1v) is 9.75. The molecular formula is C20H24ClN5O. The third-order valence-electron chi connectivity index (χ3n) is 5.09. The molecule has 1 fully saturated rings. The molecule has 0 saturated carbocycles. The molecule has 4 rings (SSSR count). The monoisotopic (exact) mass is 385 g/mol. The Labute approximate surface area is 163 Å². The van der Waals surface area contributed by atoms with Gasteiger partial charge in [0, 0.05) is 49.6 Å². The van der Waals surface area contributed by atoms with Gasteiger partial charge in [-0.1, -0.05) is 30.7 Å². The van der Waals surface area contributed by atoms with Gasteiger partial charge in [0.25, 0.3) is 0 Å². The molecule has 6 nitrogen and oxygen atoms in total. The van der Waals surface area contributed by atoms with Crippen molar-refractivity contribution >= 4 is 22.9 Å². The second-order valence-electron chi connectivity index (χ2n) is 7.27. The van der Waals surface area contributed by atoms with E-state index < -0.39 is 0 Å². The van der Waals surface area contributed by atoms with Crippen molar-refractivity contribution in [2.45, 2.75) is 13.5 Å². The maximum absolute atomic E-state index is 12.4.